The maximum absolute atomic E-state index is 13.0. The Bertz CT molecular complexity index is 794. The van der Waals surface area contributed by atoms with Gasteiger partial charge < -0.3 is 9.05 Å². The van der Waals surface area contributed by atoms with Crippen molar-refractivity contribution in [3.8, 4) is 0 Å². The van der Waals surface area contributed by atoms with Gasteiger partial charge in [-0.3, -0.25) is 9.36 Å². The minimum atomic E-state index is -3.40. The van der Waals surface area contributed by atoms with E-state index in [-0.39, 0.29) is 5.78 Å². The van der Waals surface area contributed by atoms with E-state index < -0.39 is 7.60 Å². The van der Waals surface area contributed by atoms with Gasteiger partial charge in [-0.25, -0.2) is 0 Å². The Hall–Kier alpha value is -1.16. The summed E-state index contributed by atoms with van der Waals surface area (Å²) in [7, 11) is -3.40. The summed E-state index contributed by atoms with van der Waals surface area (Å²) < 4.78 is 24.0. The van der Waals surface area contributed by atoms with Crippen LogP contribution in [-0.2, 0) is 13.6 Å². The minimum Gasteiger partial charge on any atom is -0.305 e. The average molecular weight is 415 g/mol. The zero-order chi connectivity index (χ0) is 19.2. The van der Waals surface area contributed by atoms with Crippen LogP contribution in [-0.4, -0.2) is 19.0 Å². The van der Waals surface area contributed by atoms with E-state index in [1.54, 1.807) is 36.4 Å². The molecule has 0 aliphatic rings. The third-order valence-corrected chi connectivity index (χ3v) is 6.09. The van der Waals surface area contributed by atoms with Crippen molar-refractivity contribution in [2.24, 2.45) is 0 Å². The van der Waals surface area contributed by atoms with Crippen molar-refractivity contribution in [3.05, 3.63) is 63.6 Å². The lowest BCUT2D eigenvalue weighted by Gasteiger charge is -2.18. The molecule has 0 aliphatic carbocycles. The molecule has 0 spiro atoms. The van der Waals surface area contributed by atoms with E-state index >= 15 is 0 Å². The molecule has 0 radical (unpaired) electrons. The summed E-state index contributed by atoms with van der Waals surface area (Å²) in [6.07, 6.45) is 1.45. The summed E-state index contributed by atoms with van der Waals surface area (Å²) in [6, 6.07) is 11.1. The van der Waals surface area contributed by atoms with E-state index in [0.717, 1.165) is 12.8 Å². The van der Waals surface area contributed by atoms with Crippen LogP contribution in [0.4, 0.5) is 0 Å². The monoisotopic (exact) mass is 414 g/mol. The van der Waals surface area contributed by atoms with Gasteiger partial charge in [0.1, 0.15) is 0 Å². The van der Waals surface area contributed by atoms with E-state index in [0.29, 0.717) is 39.7 Å². The molecule has 0 saturated heterocycles. The number of hydrogen-bond acceptors (Lipinski definition) is 4. The Morgan fingerprint density at radius 2 is 1.54 bits per heavy atom. The van der Waals surface area contributed by atoms with Gasteiger partial charge in [0.2, 0.25) is 0 Å². The molecule has 0 unspecified atom stereocenters. The Morgan fingerprint density at radius 1 is 0.962 bits per heavy atom. The molecule has 0 aliphatic heterocycles. The van der Waals surface area contributed by atoms with Crippen molar-refractivity contribution < 1.29 is 18.4 Å². The molecule has 0 heterocycles. The van der Waals surface area contributed by atoms with Gasteiger partial charge in [-0.05, 0) is 43.2 Å². The Kier molecular flexibility index (Phi) is 7.87. The van der Waals surface area contributed by atoms with E-state index in [4.69, 9.17) is 32.2 Å². The normalized spacial score (nSPS) is 11.5. The number of rotatable bonds is 9. The topological polar surface area (TPSA) is 52.6 Å². The fourth-order valence-electron chi connectivity index (χ4n) is 2.23. The molecule has 0 N–H and O–H groups in total. The van der Waals surface area contributed by atoms with Crippen LogP contribution in [0.25, 0.3) is 0 Å². The predicted molar refractivity (Wildman–Crippen MR) is 106 cm³/mol. The largest absolute Gasteiger partial charge is 0.361 e. The standard InChI is InChI=1S/C19H21Cl2O4P/c1-3-11-24-26(23,25-12-4-2)16-8-5-14(6-9-16)19(22)17-13-15(20)7-10-18(17)21/h5-10,13H,3-4,11-12H2,1-2H3. The lowest BCUT2D eigenvalue weighted by Crippen LogP contribution is -2.13. The average Bonchev–Trinajstić information content (AvgIpc) is 2.66. The number of carbonyl (C=O) groups is 1. The first kappa shape index (κ1) is 21.1. The highest BCUT2D eigenvalue weighted by molar-refractivity contribution is 7.62. The molecule has 140 valence electrons. The molecule has 0 aromatic heterocycles. The quantitative estimate of drug-likeness (QED) is 0.378. The molecular weight excluding hydrogens is 394 g/mol. The van der Waals surface area contributed by atoms with Crippen LogP contribution >= 0.6 is 30.8 Å². The number of hydrogen-bond donors (Lipinski definition) is 0. The summed E-state index contributed by atoms with van der Waals surface area (Å²) in [5.74, 6) is -0.261. The van der Waals surface area contributed by atoms with Crippen molar-refractivity contribution >= 4 is 41.9 Å². The molecule has 2 rings (SSSR count). The van der Waals surface area contributed by atoms with Crippen molar-refractivity contribution in [3.63, 3.8) is 0 Å². The molecule has 7 heteroatoms. The van der Waals surface area contributed by atoms with Crippen molar-refractivity contribution in [1.82, 2.24) is 0 Å². The maximum Gasteiger partial charge on any atom is 0.361 e. The second-order valence-electron chi connectivity index (χ2n) is 5.66. The number of benzene rings is 2. The summed E-state index contributed by atoms with van der Waals surface area (Å²) in [5, 5.41) is 1.18. The molecule has 0 atom stereocenters. The van der Waals surface area contributed by atoms with Gasteiger partial charge in [0.15, 0.2) is 5.78 Å². The van der Waals surface area contributed by atoms with Crippen LogP contribution in [0.1, 0.15) is 42.6 Å². The van der Waals surface area contributed by atoms with Gasteiger partial charge in [0.05, 0.1) is 23.5 Å². The van der Waals surface area contributed by atoms with Crippen LogP contribution in [0.2, 0.25) is 10.0 Å². The van der Waals surface area contributed by atoms with Crippen LogP contribution in [0, 0.1) is 0 Å². The van der Waals surface area contributed by atoms with Crippen molar-refractivity contribution in [2.45, 2.75) is 26.7 Å². The SMILES string of the molecule is CCCOP(=O)(OCCC)c1ccc(C(=O)c2cc(Cl)ccc2Cl)cc1. The number of halogens is 2. The summed E-state index contributed by atoms with van der Waals surface area (Å²) >= 11 is 12.0. The Balaban J connectivity index is 2.29. The highest BCUT2D eigenvalue weighted by atomic mass is 35.5. The molecule has 0 saturated carbocycles. The summed E-state index contributed by atoms with van der Waals surface area (Å²) in [5.41, 5.74) is 0.731. The summed E-state index contributed by atoms with van der Waals surface area (Å²) in [6.45, 7) is 4.53. The second-order valence-corrected chi connectivity index (χ2v) is 8.54. The molecular formula is C19H21Cl2O4P. The third-order valence-electron chi connectivity index (χ3n) is 3.55. The van der Waals surface area contributed by atoms with E-state index in [2.05, 4.69) is 0 Å². The zero-order valence-corrected chi connectivity index (χ0v) is 17.1. The number of ketones is 1. The van der Waals surface area contributed by atoms with Crippen LogP contribution in [0.5, 0.6) is 0 Å². The van der Waals surface area contributed by atoms with Gasteiger partial charge in [-0.1, -0.05) is 49.2 Å². The van der Waals surface area contributed by atoms with Gasteiger partial charge in [0.25, 0.3) is 0 Å². The third kappa shape index (κ3) is 5.18. The van der Waals surface area contributed by atoms with Gasteiger partial charge >= 0.3 is 7.60 Å². The van der Waals surface area contributed by atoms with E-state index in [9.17, 15) is 9.36 Å². The van der Waals surface area contributed by atoms with Crippen LogP contribution in [0.15, 0.2) is 42.5 Å². The van der Waals surface area contributed by atoms with Gasteiger partial charge in [-0.2, -0.15) is 0 Å². The lowest BCUT2D eigenvalue weighted by molar-refractivity contribution is 0.103. The Labute approximate surface area is 164 Å². The van der Waals surface area contributed by atoms with Gasteiger partial charge in [-0.15, -0.1) is 0 Å². The second kappa shape index (κ2) is 9.68. The lowest BCUT2D eigenvalue weighted by atomic mass is 10.0. The van der Waals surface area contributed by atoms with Crippen molar-refractivity contribution in [2.75, 3.05) is 13.2 Å². The maximum atomic E-state index is 13.0. The van der Waals surface area contributed by atoms with E-state index in [1.807, 2.05) is 13.8 Å². The highest BCUT2D eigenvalue weighted by Crippen LogP contribution is 2.47. The van der Waals surface area contributed by atoms with E-state index in [1.165, 1.54) is 6.07 Å². The fourth-order valence-corrected chi connectivity index (χ4v) is 4.34. The molecule has 0 fully saturated rings. The van der Waals surface area contributed by atoms with Crippen LogP contribution in [0.3, 0.4) is 0 Å². The molecule has 0 amide bonds. The molecule has 2 aromatic carbocycles. The van der Waals surface area contributed by atoms with Crippen LogP contribution < -0.4 is 5.30 Å². The smallest absolute Gasteiger partial charge is 0.305 e. The zero-order valence-electron chi connectivity index (χ0n) is 14.7. The molecule has 2 aromatic rings. The van der Waals surface area contributed by atoms with Crippen molar-refractivity contribution in [1.29, 1.82) is 0 Å². The first-order valence-electron chi connectivity index (χ1n) is 8.40. The fraction of sp³-hybridized carbons (Fsp3) is 0.316. The summed E-state index contributed by atoms with van der Waals surface area (Å²) in [4.78, 5) is 12.6. The molecule has 26 heavy (non-hydrogen) atoms. The molecule has 0 bridgehead atoms. The minimum absolute atomic E-state index is 0.261. The highest BCUT2D eigenvalue weighted by Gasteiger charge is 2.27. The van der Waals surface area contributed by atoms with Gasteiger partial charge in [0, 0.05) is 16.1 Å². The first-order chi connectivity index (χ1) is 12.4. The predicted octanol–water partition coefficient (Wildman–Crippen LogP) is 5.90. The number of carbonyl (C=O) groups excluding carboxylic acids is 1. The molecule has 4 nitrogen and oxygen atoms in total. The Morgan fingerprint density at radius 3 is 2.08 bits per heavy atom. The first-order valence-corrected chi connectivity index (χ1v) is 10.7.